The van der Waals surface area contributed by atoms with Crippen molar-refractivity contribution >= 4 is 28.9 Å². The molecule has 102 valence electrons. The number of hydrogen-bond acceptors (Lipinski definition) is 2. The maximum atomic E-state index is 6.21. The molecule has 4 heteroatoms. The molecule has 0 unspecified atom stereocenters. The summed E-state index contributed by atoms with van der Waals surface area (Å²) in [5, 5.41) is 0.758. The number of benzene rings is 1. The quantitative estimate of drug-likeness (QED) is 0.703. The van der Waals surface area contributed by atoms with Crippen molar-refractivity contribution in [2.45, 2.75) is 19.2 Å². The first-order valence-electron chi connectivity index (χ1n) is 6.32. The number of halogens is 2. The second kappa shape index (κ2) is 7.88. The fraction of sp³-hybridized carbons (Fsp3) is 0.571. The summed E-state index contributed by atoms with van der Waals surface area (Å²) < 4.78 is 0. The lowest BCUT2D eigenvalue weighted by Crippen LogP contribution is -2.32. The largest absolute Gasteiger partial charge is 0.370 e. The lowest BCUT2D eigenvalue weighted by molar-refractivity contribution is 0.413. The van der Waals surface area contributed by atoms with Crippen LogP contribution in [0.5, 0.6) is 0 Å². The molecule has 0 aliphatic heterocycles. The molecule has 18 heavy (non-hydrogen) atoms. The standard InChI is InChI=1S/C14H22Cl2N2/c1-4-7-18(9-8-17(2)3)13-6-5-12(11-15)14(16)10-13/h5-6,10H,4,7-9,11H2,1-3H3. The Balaban J connectivity index is 2.81. The van der Waals surface area contributed by atoms with Gasteiger partial charge in [0.15, 0.2) is 0 Å². The van der Waals surface area contributed by atoms with Crippen LogP contribution < -0.4 is 4.90 Å². The van der Waals surface area contributed by atoms with E-state index in [2.05, 4.69) is 36.9 Å². The molecule has 0 saturated heterocycles. The van der Waals surface area contributed by atoms with Crippen molar-refractivity contribution in [1.29, 1.82) is 0 Å². The Morgan fingerprint density at radius 1 is 1.11 bits per heavy atom. The first-order chi connectivity index (χ1) is 8.58. The Hall–Kier alpha value is -0.440. The van der Waals surface area contributed by atoms with Crippen molar-refractivity contribution in [1.82, 2.24) is 4.90 Å². The van der Waals surface area contributed by atoms with Crippen LogP contribution in [0.3, 0.4) is 0 Å². The van der Waals surface area contributed by atoms with Crippen LogP contribution in [0.25, 0.3) is 0 Å². The second-order valence-corrected chi connectivity index (χ2v) is 5.37. The highest BCUT2D eigenvalue weighted by Gasteiger charge is 2.08. The number of rotatable bonds is 7. The van der Waals surface area contributed by atoms with E-state index in [0.717, 1.165) is 36.6 Å². The van der Waals surface area contributed by atoms with Crippen molar-refractivity contribution in [2.75, 3.05) is 38.6 Å². The van der Waals surface area contributed by atoms with Gasteiger partial charge in [-0.2, -0.15) is 0 Å². The van der Waals surface area contributed by atoms with Crippen molar-refractivity contribution < 1.29 is 0 Å². The molecule has 0 aliphatic rings. The summed E-state index contributed by atoms with van der Waals surface area (Å²) >= 11 is 12.0. The fourth-order valence-corrected chi connectivity index (χ4v) is 2.34. The van der Waals surface area contributed by atoms with Gasteiger partial charge in [0.05, 0.1) is 0 Å². The normalized spacial score (nSPS) is 11.0. The van der Waals surface area contributed by atoms with Gasteiger partial charge in [0.2, 0.25) is 0 Å². The van der Waals surface area contributed by atoms with Crippen molar-refractivity contribution in [3.8, 4) is 0 Å². The average molecular weight is 289 g/mol. The summed E-state index contributed by atoms with van der Waals surface area (Å²) in [7, 11) is 4.18. The number of alkyl halides is 1. The third kappa shape index (κ3) is 4.68. The maximum Gasteiger partial charge on any atom is 0.0488 e. The van der Waals surface area contributed by atoms with Crippen molar-refractivity contribution in [3.63, 3.8) is 0 Å². The van der Waals surface area contributed by atoms with E-state index >= 15 is 0 Å². The van der Waals surface area contributed by atoms with E-state index in [1.165, 1.54) is 5.69 Å². The average Bonchev–Trinajstić information content (AvgIpc) is 2.34. The van der Waals surface area contributed by atoms with Crippen LogP contribution in [0, 0.1) is 0 Å². The van der Waals surface area contributed by atoms with Crippen LogP contribution in [-0.4, -0.2) is 38.6 Å². The first-order valence-corrected chi connectivity index (χ1v) is 7.23. The summed E-state index contributed by atoms with van der Waals surface area (Å²) in [4.78, 5) is 4.56. The van der Waals surface area contributed by atoms with Gasteiger partial charge in [-0.15, -0.1) is 11.6 Å². The van der Waals surface area contributed by atoms with Crippen LogP contribution in [0.4, 0.5) is 5.69 Å². The monoisotopic (exact) mass is 288 g/mol. The third-order valence-corrected chi connectivity index (χ3v) is 3.50. The van der Waals surface area contributed by atoms with E-state index in [1.54, 1.807) is 0 Å². The van der Waals surface area contributed by atoms with Crippen LogP contribution in [-0.2, 0) is 5.88 Å². The minimum absolute atomic E-state index is 0.463. The molecule has 0 fully saturated rings. The Morgan fingerprint density at radius 3 is 2.33 bits per heavy atom. The molecule has 0 atom stereocenters. The molecule has 0 N–H and O–H groups in total. The highest BCUT2D eigenvalue weighted by atomic mass is 35.5. The molecule has 1 rings (SSSR count). The molecular formula is C14H22Cl2N2. The van der Waals surface area contributed by atoms with Crippen LogP contribution in [0.2, 0.25) is 5.02 Å². The molecule has 1 aromatic carbocycles. The van der Waals surface area contributed by atoms with Gasteiger partial charge in [-0.05, 0) is 38.2 Å². The van der Waals surface area contributed by atoms with Crippen molar-refractivity contribution in [3.05, 3.63) is 28.8 Å². The minimum Gasteiger partial charge on any atom is -0.370 e. The van der Waals surface area contributed by atoms with E-state index in [4.69, 9.17) is 23.2 Å². The van der Waals surface area contributed by atoms with Gasteiger partial charge in [0, 0.05) is 36.2 Å². The Kier molecular flexibility index (Phi) is 6.83. The topological polar surface area (TPSA) is 6.48 Å². The second-order valence-electron chi connectivity index (χ2n) is 4.70. The maximum absolute atomic E-state index is 6.21. The molecule has 0 bridgehead atoms. The number of hydrogen-bond donors (Lipinski definition) is 0. The summed E-state index contributed by atoms with van der Waals surface area (Å²) in [6.45, 7) is 5.29. The molecule has 0 radical (unpaired) electrons. The Bertz CT molecular complexity index is 367. The van der Waals surface area contributed by atoms with Gasteiger partial charge in [0.25, 0.3) is 0 Å². The van der Waals surface area contributed by atoms with Gasteiger partial charge in [-0.1, -0.05) is 24.6 Å². The van der Waals surface area contributed by atoms with E-state index in [1.807, 2.05) is 12.1 Å². The zero-order valence-electron chi connectivity index (χ0n) is 11.4. The van der Waals surface area contributed by atoms with Gasteiger partial charge in [0.1, 0.15) is 0 Å². The zero-order chi connectivity index (χ0) is 13.5. The molecule has 0 saturated carbocycles. The molecule has 0 aliphatic carbocycles. The zero-order valence-corrected chi connectivity index (χ0v) is 12.9. The van der Waals surface area contributed by atoms with Crippen LogP contribution in [0.1, 0.15) is 18.9 Å². The van der Waals surface area contributed by atoms with E-state index in [-0.39, 0.29) is 0 Å². The number of likely N-dealkylation sites (N-methyl/N-ethyl adjacent to an activating group) is 1. The first kappa shape index (κ1) is 15.6. The van der Waals surface area contributed by atoms with Gasteiger partial charge >= 0.3 is 0 Å². The molecule has 2 nitrogen and oxygen atoms in total. The Labute approximate surface area is 120 Å². The Morgan fingerprint density at radius 2 is 1.83 bits per heavy atom. The smallest absolute Gasteiger partial charge is 0.0488 e. The SMILES string of the molecule is CCCN(CCN(C)C)c1ccc(CCl)c(Cl)c1. The molecule has 0 spiro atoms. The minimum atomic E-state index is 0.463. The van der Waals surface area contributed by atoms with E-state index in [9.17, 15) is 0 Å². The molecular weight excluding hydrogens is 267 g/mol. The highest BCUT2D eigenvalue weighted by molar-refractivity contribution is 6.32. The predicted octanol–water partition coefficient (Wildman–Crippen LogP) is 3.86. The molecule has 0 aromatic heterocycles. The summed E-state index contributed by atoms with van der Waals surface area (Å²) in [5.41, 5.74) is 2.17. The van der Waals surface area contributed by atoms with E-state index in [0.29, 0.717) is 5.88 Å². The summed E-state index contributed by atoms with van der Waals surface area (Å²) in [6.07, 6.45) is 1.13. The lowest BCUT2D eigenvalue weighted by atomic mass is 10.2. The molecule has 0 amide bonds. The molecule has 1 aromatic rings. The summed E-state index contributed by atoms with van der Waals surface area (Å²) in [5.74, 6) is 0.463. The van der Waals surface area contributed by atoms with Crippen LogP contribution in [0.15, 0.2) is 18.2 Å². The van der Waals surface area contributed by atoms with Crippen molar-refractivity contribution in [2.24, 2.45) is 0 Å². The number of anilines is 1. The predicted molar refractivity (Wildman–Crippen MR) is 82.1 cm³/mol. The lowest BCUT2D eigenvalue weighted by Gasteiger charge is -2.26. The third-order valence-electron chi connectivity index (χ3n) is 2.86. The molecule has 0 heterocycles. The van der Waals surface area contributed by atoms with Gasteiger partial charge in [-0.25, -0.2) is 0 Å². The highest BCUT2D eigenvalue weighted by Crippen LogP contribution is 2.25. The van der Waals surface area contributed by atoms with E-state index < -0.39 is 0 Å². The summed E-state index contributed by atoms with van der Waals surface area (Å²) in [6, 6.07) is 6.14. The number of nitrogens with zero attached hydrogens (tertiary/aromatic N) is 2. The van der Waals surface area contributed by atoms with Gasteiger partial charge in [-0.3, -0.25) is 0 Å². The fourth-order valence-electron chi connectivity index (χ4n) is 1.80. The van der Waals surface area contributed by atoms with Crippen LogP contribution >= 0.6 is 23.2 Å². The van der Waals surface area contributed by atoms with Gasteiger partial charge < -0.3 is 9.80 Å².